The van der Waals surface area contributed by atoms with Gasteiger partial charge < -0.3 is 19.6 Å². The molecule has 2 atom stereocenters. The van der Waals surface area contributed by atoms with Gasteiger partial charge in [0.05, 0.1) is 5.60 Å². The van der Waals surface area contributed by atoms with Gasteiger partial charge in [0.15, 0.2) is 0 Å². The number of hydrogen-bond acceptors (Lipinski definition) is 5. The average Bonchev–Trinajstić information content (AvgIpc) is 3.12. The van der Waals surface area contributed by atoms with Gasteiger partial charge in [-0.15, -0.1) is 0 Å². The van der Waals surface area contributed by atoms with Crippen LogP contribution in [0.5, 0.6) is 0 Å². The second kappa shape index (κ2) is 7.85. The summed E-state index contributed by atoms with van der Waals surface area (Å²) in [6, 6.07) is 2.05. The Bertz CT molecular complexity index is 606. The topological polar surface area (TPSA) is 70.1 Å². The molecule has 2 aliphatic rings. The second-order valence-electron chi connectivity index (χ2n) is 7.04. The van der Waals surface area contributed by atoms with E-state index in [9.17, 15) is 14.7 Å². The Morgan fingerprint density at radius 3 is 2.56 bits per heavy atom. The molecular formula is C18H26N2O4S. The molecule has 0 saturated carbocycles. The molecule has 138 valence electrons. The Labute approximate surface area is 152 Å². The maximum absolute atomic E-state index is 12.5. The first kappa shape index (κ1) is 18.4. The smallest absolute Gasteiger partial charge is 0.248 e. The number of carbonyl (C=O) groups excluding carboxylic acids is 2. The fourth-order valence-corrected chi connectivity index (χ4v) is 4.52. The van der Waals surface area contributed by atoms with Crippen LogP contribution in [-0.4, -0.2) is 72.2 Å². The maximum Gasteiger partial charge on any atom is 0.248 e. The third kappa shape index (κ3) is 4.22. The van der Waals surface area contributed by atoms with Crippen molar-refractivity contribution in [2.45, 2.75) is 31.3 Å². The highest BCUT2D eigenvalue weighted by atomic mass is 32.1. The molecule has 0 radical (unpaired) electrons. The van der Waals surface area contributed by atoms with Gasteiger partial charge in [0.2, 0.25) is 11.8 Å². The van der Waals surface area contributed by atoms with Crippen molar-refractivity contribution in [3.05, 3.63) is 22.4 Å². The molecule has 0 spiro atoms. The van der Waals surface area contributed by atoms with Crippen molar-refractivity contribution in [2.75, 3.05) is 39.9 Å². The molecule has 0 aliphatic carbocycles. The van der Waals surface area contributed by atoms with Gasteiger partial charge in [-0.05, 0) is 41.7 Å². The molecular weight excluding hydrogens is 340 g/mol. The van der Waals surface area contributed by atoms with Crippen molar-refractivity contribution in [3.8, 4) is 0 Å². The highest BCUT2D eigenvalue weighted by Crippen LogP contribution is 2.35. The first-order valence-electron chi connectivity index (χ1n) is 8.80. The molecule has 2 fully saturated rings. The van der Waals surface area contributed by atoms with Gasteiger partial charge in [0, 0.05) is 45.6 Å². The van der Waals surface area contributed by atoms with E-state index in [2.05, 4.69) is 5.38 Å². The summed E-state index contributed by atoms with van der Waals surface area (Å²) in [4.78, 5) is 28.2. The highest BCUT2D eigenvalue weighted by molar-refractivity contribution is 7.07. The summed E-state index contributed by atoms with van der Waals surface area (Å²) in [5.41, 5.74) is 0.439. The number of piperidine rings is 2. The minimum absolute atomic E-state index is 0.0505. The zero-order valence-electron chi connectivity index (χ0n) is 14.6. The van der Waals surface area contributed by atoms with E-state index < -0.39 is 5.60 Å². The summed E-state index contributed by atoms with van der Waals surface area (Å²) in [6.07, 6.45) is 2.42. The number of thiophene rings is 1. The van der Waals surface area contributed by atoms with Crippen molar-refractivity contribution in [1.82, 2.24) is 9.80 Å². The van der Waals surface area contributed by atoms with Crippen molar-refractivity contribution in [2.24, 2.45) is 5.92 Å². The Morgan fingerprint density at radius 2 is 1.96 bits per heavy atom. The number of likely N-dealkylation sites (tertiary alicyclic amines) is 2. The van der Waals surface area contributed by atoms with Crippen LogP contribution in [0.15, 0.2) is 16.8 Å². The van der Waals surface area contributed by atoms with E-state index in [1.165, 1.54) is 12.7 Å². The van der Waals surface area contributed by atoms with E-state index in [0.717, 1.165) is 6.42 Å². The van der Waals surface area contributed by atoms with Crippen molar-refractivity contribution in [1.29, 1.82) is 0 Å². The lowest BCUT2D eigenvalue weighted by Crippen LogP contribution is -2.61. The minimum atomic E-state index is -0.756. The summed E-state index contributed by atoms with van der Waals surface area (Å²) < 4.78 is 4.93. The molecule has 1 aromatic heterocycles. The van der Waals surface area contributed by atoms with E-state index >= 15 is 0 Å². The number of aliphatic hydroxyl groups is 1. The van der Waals surface area contributed by atoms with E-state index in [4.69, 9.17) is 4.74 Å². The first-order chi connectivity index (χ1) is 12.0. The van der Waals surface area contributed by atoms with Gasteiger partial charge in [0.1, 0.15) is 6.61 Å². The highest BCUT2D eigenvalue weighted by Gasteiger charge is 2.46. The molecule has 3 rings (SSSR count). The molecule has 0 aromatic carbocycles. The van der Waals surface area contributed by atoms with Gasteiger partial charge in [-0.2, -0.15) is 11.3 Å². The van der Waals surface area contributed by atoms with Crippen molar-refractivity contribution in [3.63, 3.8) is 0 Å². The number of rotatable bonds is 5. The Kier molecular flexibility index (Phi) is 5.76. The van der Waals surface area contributed by atoms with Gasteiger partial charge in [0.25, 0.3) is 0 Å². The van der Waals surface area contributed by atoms with E-state index in [1.807, 2.05) is 16.3 Å². The molecule has 25 heavy (non-hydrogen) atoms. The normalized spacial score (nSPS) is 26.4. The first-order valence-corrected chi connectivity index (χ1v) is 9.74. The zero-order chi connectivity index (χ0) is 17.9. The monoisotopic (exact) mass is 366 g/mol. The molecule has 0 bridgehead atoms. The third-order valence-corrected chi connectivity index (χ3v) is 6.18. The molecule has 1 aromatic rings. The summed E-state index contributed by atoms with van der Waals surface area (Å²) in [6.45, 7) is 2.24. The summed E-state index contributed by atoms with van der Waals surface area (Å²) >= 11 is 1.64. The Hall–Kier alpha value is -1.44. The van der Waals surface area contributed by atoms with Crippen LogP contribution in [-0.2, 0) is 20.7 Å². The van der Waals surface area contributed by atoms with Gasteiger partial charge in [-0.3, -0.25) is 9.59 Å². The quantitative estimate of drug-likeness (QED) is 0.848. The summed E-state index contributed by atoms with van der Waals surface area (Å²) in [5.74, 6) is -0.0000436. The zero-order valence-corrected chi connectivity index (χ0v) is 15.5. The largest absolute Gasteiger partial charge is 0.389 e. The molecule has 2 saturated heterocycles. The number of methoxy groups -OCH3 is 1. The number of hydrogen-bond donors (Lipinski definition) is 1. The number of ether oxygens (including phenoxy) is 1. The number of amides is 2. The van der Waals surface area contributed by atoms with Gasteiger partial charge in [-0.1, -0.05) is 0 Å². The number of aryl methyl sites for hydroxylation is 1. The van der Waals surface area contributed by atoms with Gasteiger partial charge in [-0.25, -0.2) is 0 Å². The lowest BCUT2D eigenvalue weighted by molar-refractivity contribution is -0.155. The Balaban J connectivity index is 1.57. The van der Waals surface area contributed by atoms with Crippen LogP contribution >= 0.6 is 11.3 Å². The average molecular weight is 366 g/mol. The van der Waals surface area contributed by atoms with Crippen LogP contribution in [0.4, 0.5) is 0 Å². The fraction of sp³-hybridized carbons (Fsp3) is 0.667. The Morgan fingerprint density at radius 1 is 1.28 bits per heavy atom. The van der Waals surface area contributed by atoms with Crippen LogP contribution in [0.2, 0.25) is 0 Å². The molecule has 0 unspecified atom stereocenters. The standard InChI is InChI=1S/C18H26N2O4S/c1-24-12-17(22)20-8-6-18(23)5-7-19(10-15(18)11-20)16(21)3-2-14-4-9-25-13-14/h4,9,13,15,23H,2-3,5-8,10-12H2,1H3/t15-,18-/m1/s1. The van der Waals surface area contributed by atoms with Crippen molar-refractivity contribution < 1.29 is 19.4 Å². The molecule has 3 heterocycles. The third-order valence-electron chi connectivity index (χ3n) is 5.45. The van der Waals surface area contributed by atoms with E-state index in [0.29, 0.717) is 45.4 Å². The molecule has 6 nitrogen and oxygen atoms in total. The SMILES string of the molecule is COCC(=O)N1CC[C@]2(O)CCN(C(=O)CCc3ccsc3)C[C@@H]2C1. The van der Waals surface area contributed by atoms with Crippen LogP contribution in [0, 0.1) is 5.92 Å². The van der Waals surface area contributed by atoms with E-state index in [1.54, 1.807) is 16.2 Å². The molecule has 7 heteroatoms. The van der Waals surface area contributed by atoms with Crippen LogP contribution in [0.25, 0.3) is 0 Å². The number of carbonyl (C=O) groups is 2. The molecule has 2 aliphatic heterocycles. The van der Waals surface area contributed by atoms with Crippen LogP contribution < -0.4 is 0 Å². The fourth-order valence-electron chi connectivity index (χ4n) is 3.81. The minimum Gasteiger partial charge on any atom is -0.389 e. The second-order valence-corrected chi connectivity index (χ2v) is 7.82. The van der Waals surface area contributed by atoms with Crippen LogP contribution in [0.3, 0.4) is 0 Å². The van der Waals surface area contributed by atoms with Crippen LogP contribution in [0.1, 0.15) is 24.8 Å². The van der Waals surface area contributed by atoms with E-state index in [-0.39, 0.29) is 24.3 Å². The lowest BCUT2D eigenvalue weighted by atomic mass is 9.75. The molecule has 1 N–H and O–H groups in total. The number of fused-ring (bicyclic) bond motifs is 1. The van der Waals surface area contributed by atoms with Crippen molar-refractivity contribution >= 4 is 23.2 Å². The van der Waals surface area contributed by atoms with Gasteiger partial charge >= 0.3 is 0 Å². The maximum atomic E-state index is 12.5. The summed E-state index contributed by atoms with van der Waals surface area (Å²) in [5, 5.41) is 15.0. The number of nitrogens with zero attached hydrogens (tertiary/aromatic N) is 2. The lowest BCUT2D eigenvalue weighted by Gasteiger charge is -2.50. The summed E-state index contributed by atoms with van der Waals surface area (Å²) in [7, 11) is 1.51. The molecule has 2 amide bonds. The predicted molar refractivity (Wildman–Crippen MR) is 95.3 cm³/mol. The predicted octanol–water partition coefficient (Wildman–Crippen LogP) is 1.14.